The van der Waals surface area contributed by atoms with E-state index in [1.165, 1.54) is 24.3 Å². The number of aldehydes is 1. The number of nitrogens with zero attached hydrogens (tertiary/aromatic N) is 3. The Bertz CT molecular complexity index is 1310. The van der Waals surface area contributed by atoms with E-state index in [4.69, 9.17) is 9.47 Å². The number of anilines is 1. The van der Waals surface area contributed by atoms with Crippen LogP contribution in [0, 0.1) is 13.8 Å². The molecule has 1 aromatic heterocycles. The van der Waals surface area contributed by atoms with E-state index in [-0.39, 0.29) is 28.3 Å². The molecule has 2 aromatic carbocycles. The Morgan fingerprint density at radius 2 is 1.89 bits per heavy atom. The second-order valence-electron chi connectivity index (χ2n) is 8.50. The Hall–Kier alpha value is -3.34. The number of carbonyl (C=O) groups is 1. The number of likely N-dealkylation sites (N-methyl/N-ethyl adjacent to an activating group) is 1. The molecule has 0 spiro atoms. The van der Waals surface area contributed by atoms with Gasteiger partial charge in [-0.3, -0.25) is 9.69 Å². The summed E-state index contributed by atoms with van der Waals surface area (Å²) in [5, 5.41) is 0. The van der Waals surface area contributed by atoms with E-state index in [1.807, 2.05) is 39.1 Å². The van der Waals surface area contributed by atoms with E-state index in [0.29, 0.717) is 31.8 Å². The van der Waals surface area contributed by atoms with Crippen molar-refractivity contribution in [3.63, 3.8) is 0 Å². The van der Waals surface area contributed by atoms with Crippen LogP contribution in [-0.4, -0.2) is 69.0 Å². The van der Waals surface area contributed by atoms with E-state index in [9.17, 15) is 13.2 Å². The number of hydrogen-bond acceptors (Lipinski definition) is 8. The fourth-order valence-electron chi connectivity index (χ4n) is 3.92. The number of hydrogen-bond donors (Lipinski definition) is 1. The van der Waals surface area contributed by atoms with Gasteiger partial charge in [-0.1, -0.05) is 30.3 Å². The quantitative estimate of drug-likeness (QED) is 0.474. The SMILES string of the molecule is Cc1cccc(C)c1-c1cc(OC[C@H]2COCCN2C)nc(NS(=O)(=O)c2cccc(C=O)c2)n1. The third-order valence-corrected chi connectivity index (χ3v) is 7.24. The fourth-order valence-corrected chi connectivity index (χ4v) is 4.92. The van der Waals surface area contributed by atoms with Crippen molar-refractivity contribution >= 4 is 22.3 Å². The summed E-state index contributed by atoms with van der Waals surface area (Å²) in [5.41, 5.74) is 3.64. The molecule has 0 radical (unpaired) electrons. The molecule has 0 saturated carbocycles. The number of nitrogens with one attached hydrogen (secondary N) is 1. The molecule has 9 nitrogen and oxygen atoms in total. The molecule has 1 aliphatic heterocycles. The van der Waals surface area contributed by atoms with Crippen LogP contribution in [0.2, 0.25) is 0 Å². The minimum Gasteiger partial charge on any atom is -0.476 e. The normalized spacial score (nSPS) is 16.6. The molecule has 0 aliphatic carbocycles. The lowest BCUT2D eigenvalue weighted by atomic mass is 10.00. The standard InChI is InChI=1S/C25H28N4O5S/c1-17-6-4-7-18(2)24(17)22-13-23(34-16-20-15-33-11-10-29(20)3)27-25(26-22)28-35(31,32)21-9-5-8-19(12-21)14-30/h4-9,12-14,20H,10-11,15-16H2,1-3H3,(H,26,27,28)/t20-/m1/s1. The molecule has 1 saturated heterocycles. The largest absolute Gasteiger partial charge is 0.476 e. The molecule has 2 heterocycles. The Kier molecular flexibility index (Phi) is 7.44. The Balaban J connectivity index is 1.70. The highest BCUT2D eigenvalue weighted by atomic mass is 32.2. The zero-order valence-corrected chi connectivity index (χ0v) is 20.7. The van der Waals surface area contributed by atoms with Crippen molar-refractivity contribution in [1.82, 2.24) is 14.9 Å². The maximum atomic E-state index is 13.0. The van der Waals surface area contributed by atoms with Crippen LogP contribution in [0.5, 0.6) is 5.88 Å². The molecule has 1 atom stereocenters. The van der Waals surface area contributed by atoms with E-state index in [1.54, 1.807) is 6.07 Å². The van der Waals surface area contributed by atoms with Crippen molar-refractivity contribution in [2.24, 2.45) is 0 Å². The van der Waals surface area contributed by atoms with Crippen LogP contribution in [0.25, 0.3) is 11.3 Å². The molecular formula is C25H28N4O5S. The molecule has 0 unspecified atom stereocenters. The van der Waals surface area contributed by atoms with Crippen molar-refractivity contribution in [2.75, 3.05) is 38.1 Å². The van der Waals surface area contributed by atoms with Gasteiger partial charge in [0.2, 0.25) is 11.8 Å². The molecule has 0 amide bonds. The Morgan fingerprint density at radius 1 is 1.14 bits per heavy atom. The third kappa shape index (κ3) is 5.84. The van der Waals surface area contributed by atoms with Crippen molar-refractivity contribution in [2.45, 2.75) is 24.8 Å². The highest BCUT2D eigenvalue weighted by Gasteiger charge is 2.22. The van der Waals surface area contributed by atoms with Gasteiger partial charge in [0.25, 0.3) is 10.0 Å². The van der Waals surface area contributed by atoms with Crippen LogP contribution >= 0.6 is 0 Å². The predicted molar refractivity (Wildman–Crippen MR) is 132 cm³/mol. The number of sulfonamides is 1. The van der Waals surface area contributed by atoms with E-state index in [2.05, 4.69) is 19.6 Å². The summed E-state index contributed by atoms with van der Waals surface area (Å²) < 4.78 is 40.1. The van der Waals surface area contributed by atoms with Crippen LogP contribution in [0.15, 0.2) is 53.4 Å². The maximum absolute atomic E-state index is 13.0. The molecule has 0 bridgehead atoms. The lowest BCUT2D eigenvalue weighted by Crippen LogP contribution is -2.46. The molecule has 1 N–H and O–H groups in total. The molecule has 184 valence electrons. The summed E-state index contributed by atoms with van der Waals surface area (Å²) in [5.74, 6) is 0.126. The molecule has 3 aromatic rings. The number of ether oxygens (including phenoxy) is 2. The minimum atomic E-state index is -4.04. The van der Waals surface area contributed by atoms with Gasteiger partial charge in [0, 0.05) is 23.7 Å². The average molecular weight is 497 g/mol. The number of benzene rings is 2. The second-order valence-corrected chi connectivity index (χ2v) is 10.2. The fraction of sp³-hybridized carbons (Fsp3) is 0.320. The van der Waals surface area contributed by atoms with Gasteiger partial charge in [-0.05, 0) is 44.2 Å². The Labute approximate surface area is 205 Å². The van der Waals surface area contributed by atoms with Crippen LogP contribution in [0.1, 0.15) is 21.5 Å². The van der Waals surface area contributed by atoms with Gasteiger partial charge in [-0.2, -0.15) is 4.98 Å². The van der Waals surface area contributed by atoms with E-state index >= 15 is 0 Å². The summed E-state index contributed by atoms with van der Waals surface area (Å²) in [7, 11) is -2.04. The van der Waals surface area contributed by atoms with Crippen LogP contribution in [0.3, 0.4) is 0 Å². The molecule has 10 heteroatoms. The van der Waals surface area contributed by atoms with Crippen molar-refractivity contribution in [1.29, 1.82) is 0 Å². The molecule has 35 heavy (non-hydrogen) atoms. The number of aryl methyl sites for hydroxylation is 2. The number of morpholine rings is 1. The van der Waals surface area contributed by atoms with Crippen molar-refractivity contribution in [3.8, 4) is 17.1 Å². The lowest BCUT2D eigenvalue weighted by Gasteiger charge is -2.31. The van der Waals surface area contributed by atoms with E-state index < -0.39 is 10.0 Å². The Morgan fingerprint density at radius 3 is 2.60 bits per heavy atom. The van der Waals surface area contributed by atoms with Crippen LogP contribution < -0.4 is 9.46 Å². The van der Waals surface area contributed by atoms with Crippen LogP contribution in [0.4, 0.5) is 5.95 Å². The smallest absolute Gasteiger partial charge is 0.264 e. The number of rotatable bonds is 8. The zero-order chi connectivity index (χ0) is 25.0. The summed E-state index contributed by atoms with van der Waals surface area (Å²) in [6.07, 6.45) is 0.592. The van der Waals surface area contributed by atoms with Gasteiger partial charge in [-0.15, -0.1) is 0 Å². The highest BCUT2D eigenvalue weighted by molar-refractivity contribution is 7.92. The molecular weight excluding hydrogens is 468 g/mol. The van der Waals surface area contributed by atoms with Crippen molar-refractivity contribution < 1.29 is 22.7 Å². The summed E-state index contributed by atoms with van der Waals surface area (Å²) in [6, 6.07) is 13.4. The summed E-state index contributed by atoms with van der Waals surface area (Å²) in [6.45, 7) is 6.28. The molecule has 1 fully saturated rings. The molecule has 4 rings (SSSR count). The summed E-state index contributed by atoms with van der Waals surface area (Å²) >= 11 is 0. The topological polar surface area (TPSA) is 111 Å². The predicted octanol–water partition coefficient (Wildman–Crippen LogP) is 3.08. The molecule has 1 aliphatic rings. The number of aromatic nitrogens is 2. The number of carbonyl (C=O) groups excluding carboxylic acids is 1. The van der Waals surface area contributed by atoms with Gasteiger partial charge >= 0.3 is 0 Å². The third-order valence-electron chi connectivity index (χ3n) is 5.92. The zero-order valence-electron chi connectivity index (χ0n) is 19.9. The van der Waals surface area contributed by atoms with Gasteiger partial charge in [0.1, 0.15) is 12.9 Å². The first-order valence-corrected chi connectivity index (χ1v) is 12.7. The van der Waals surface area contributed by atoms with Gasteiger partial charge in [-0.25, -0.2) is 18.1 Å². The van der Waals surface area contributed by atoms with Gasteiger partial charge in [0.15, 0.2) is 0 Å². The maximum Gasteiger partial charge on any atom is 0.264 e. The second kappa shape index (κ2) is 10.5. The lowest BCUT2D eigenvalue weighted by molar-refractivity contribution is -0.0113. The highest BCUT2D eigenvalue weighted by Crippen LogP contribution is 2.29. The first-order chi connectivity index (χ1) is 16.8. The average Bonchev–Trinajstić information content (AvgIpc) is 2.83. The van der Waals surface area contributed by atoms with Gasteiger partial charge in [0.05, 0.1) is 29.8 Å². The minimum absolute atomic E-state index is 0.0496. The van der Waals surface area contributed by atoms with E-state index in [0.717, 1.165) is 23.2 Å². The summed E-state index contributed by atoms with van der Waals surface area (Å²) in [4.78, 5) is 22.0. The van der Waals surface area contributed by atoms with Crippen LogP contribution in [-0.2, 0) is 14.8 Å². The first-order valence-electron chi connectivity index (χ1n) is 11.2. The monoisotopic (exact) mass is 496 g/mol. The van der Waals surface area contributed by atoms with Crippen molar-refractivity contribution in [3.05, 3.63) is 65.2 Å². The van der Waals surface area contributed by atoms with Gasteiger partial charge < -0.3 is 9.47 Å². The first kappa shape index (κ1) is 24.8.